The fourth-order valence-corrected chi connectivity index (χ4v) is 2.13. The van der Waals surface area contributed by atoms with Crippen LogP contribution in [0, 0.1) is 0 Å². The Morgan fingerprint density at radius 2 is 2.00 bits per heavy atom. The summed E-state index contributed by atoms with van der Waals surface area (Å²) < 4.78 is 0. The third kappa shape index (κ3) is 3.08. The minimum atomic E-state index is -0.340. The molecule has 9 heteroatoms. The molecule has 0 fully saturated rings. The molecule has 88 valence electrons. The Kier molecular flexibility index (Phi) is 3.16. The SMILES string of the molecule is Nc1cc(=O)[nH]c(Sc2cc(Cl)nc(N)n2)n1. The van der Waals surface area contributed by atoms with Crippen molar-refractivity contribution in [3.8, 4) is 0 Å². The van der Waals surface area contributed by atoms with Gasteiger partial charge >= 0.3 is 0 Å². The highest BCUT2D eigenvalue weighted by Gasteiger charge is 2.06. The zero-order chi connectivity index (χ0) is 12.4. The molecule has 0 aliphatic heterocycles. The zero-order valence-corrected chi connectivity index (χ0v) is 9.92. The molecular formula is C8H7ClN6OS. The molecule has 2 aromatic rings. The number of halogens is 1. The Morgan fingerprint density at radius 3 is 2.65 bits per heavy atom. The van der Waals surface area contributed by atoms with E-state index in [0.717, 1.165) is 11.8 Å². The second-order valence-corrected chi connectivity index (χ2v) is 4.36. The summed E-state index contributed by atoms with van der Waals surface area (Å²) in [5, 5.41) is 0.992. The van der Waals surface area contributed by atoms with Crippen molar-refractivity contribution >= 4 is 35.1 Å². The first kappa shape index (κ1) is 11.7. The summed E-state index contributed by atoms with van der Waals surface area (Å²) in [6.07, 6.45) is 0. The first-order valence-electron chi connectivity index (χ1n) is 4.38. The normalized spacial score (nSPS) is 10.4. The average Bonchev–Trinajstić information content (AvgIpc) is 2.13. The van der Waals surface area contributed by atoms with Gasteiger partial charge in [0, 0.05) is 12.1 Å². The summed E-state index contributed by atoms with van der Waals surface area (Å²) in [5.74, 6) is 0.177. The molecule has 0 saturated carbocycles. The number of rotatable bonds is 2. The van der Waals surface area contributed by atoms with Crippen LogP contribution in [0.1, 0.15) is 0 Å². The van der Waals surface area contributed by atoms with Crippen LogP contribution in [0.4, 0.5) is 11.8 Å². The number of anilines is 2. The van der Waals surface area contributed by atoms with Crippen LogP contribution < -0.4 is 17.0 Å². The van der Waals surface area contributed by atoms with Crippen LogP contribution in [0.2, 0.25) is 5.15 Å². The number of aromatic nitrogens is 4. The minimum absolute atomic E-state index is 0.0475. The van der Waals surface area contributed by atoms with Gasteiger partial charge in [-0.25, -0.2) is 15.0 Å². The van der Waals surface area contributed by atoms with Gasteiger partial charge in [-0.2, -0.15) is 0 Å². The van der Waals surface area contributed by atoms with Gasteiger partial charge in [-0.15, -0.1) is 0 Å². The lowest BCUT2D eigenvalue weighted by molar-refractivity contribution is 0.938. The maximum absolute atomic E-state index is 11.2. The number of H-pyrrole nitrogens is 1. The van der Waals surface area contributed by atoms with E-state index in [-0.39, 0.29) is 22.5 Å². The molecule has 17 heavy (non-hydrogen) atoms. The standard InChI is InChI=1S/C8H7ClN6OS/c9-3-1-6(15-7(11)12-3)17-8-13-4(10)2-5(16)14-8/h1-2H,(H2,11,12,15)(H3,10,13,14,16). The molecule has 0 spiro atoms. The maximum Gasteiger partial charge on any atom is 0.253 e. The van der Waals surface area contributed by atoms with Gasteiger partial charge in [0.05, 0.1) is 0 Å². The van der Waals surface area contributed by atoms with Crippen molar-refractivity contribution in [3.63, 3.8) is 0 Å². The molecule has 0 aliphatic rings. The molecule has 5 N–H and O–H groups in total. The van der Waals surface area contributed by atoms with Crippen molar-refractivity contribution in [2.24, 2.45) is 0 Å². The summed E-state index contributed by atoms with van der Waals surface area (Å²) in [5.41, 5.74) is 10.5. The molecule has 0 radical (unpaired) electrons. The van der Waals surface area contributed by atoms with Gasteiger partial charge < -0.3 is 16.5 Å². The van der Waals surface area contributed by atoms with Crippen molar-refractivity contribution in [3.05, 3.63) is 27.6 Å². The second-order valence-electron chi connectivity index (χ2n) is 2.96. The van der Waals surface area contributed by atoms with Gasteiger partial charge in [-0.3, -0.25) is 4.79 Å². The Labute approximate surface area is 105 Å². The van der Waals surface area contributed by atoms with Gasteiger partial charge in [0.25, 0.3) is 5.56 Å². The first-order valence-corrected chi connectivity index (χ1v) is 5.57. The predicted octanol–water partition coefficient (Wildman–Crippen LogP) is 0.529. The Bertz CT molecular complexity index is 595. The van der Waals surface area contributed by atoms with Crippen LogP contribution in [-0.4, -0.2) is 19.9 Å². The van der Waals surface area contributed by atoms with Gasteiger partial charge in [-0.05, 0) is 11.8 Å². The van der Waals surface area contributed by atoms with Crippen LogP contribution in [0.5, 0.6) is 0 Å². The molecule has 0 aliphatic carbocycles. The lowest BCUT2D eigenvalue weighted by Crippen LogP contribution is -2.09. The molecule has 0 bridgehead atoms. The number of nitrogens with zero attached hydrogens (tertiary/aromatic N) is 3. The van der Waals surface area contributed by atoms with Crippen LogP contribution in [0.15, 0.2) is 27.1 Å². The molecule has 0 unspecified atom stereocenters. The summed E-state index contributed by atoms with van der Waals surface area (Å²) in [7, 11) is 0. The van der Waals surface area contributed by atoms with Gasteiger partial charge in [-0.1, -0.05) is 11.6 Å². The van der Waals surface area contributed by atoms with Gasteiger partial charge in [0.1, 0.15) is 16.0 Å². The molecule has 0 aromatic carbocycles. The molecule has 2 aromatic heterocycles. The van der Waals surface area contributed by atoms with E-state index in [0.29, 0.717) is 10.2 Å². The smallest absolute Gasteiger partial charge is 0.253 e. The van der Waals surface area contributed by atoms with Crippen molar-refractivity contribution in [1.29, 1.82) is 0 Å². The van der Waals surface area contributed by atoms with Crippen LogP contribution in [-0.2, 0) is 0 Å². The van der Waals surface area contributed by atoms with E-state index < -0.39 is 0 Å². The van der Waals surface area contributed by atoms with Crippen LogP contribution in [0.3, 0.4) is 0 Å². The fourth-order valence-electron chi connectivity index (χ4n) is 1.07. The molecular weight excluding hydrogens is 264 g/mol. The Balaban J connectivity index is 2.34. The highest BCUT2D eigenvalue weighted by atomic mass is 35.5. The quantitative estimate of drug-likeness (QED) is 0.537. The molecule has 0 saturated heterocycles. The number of nitrogen functional groups attached to an aromatic ring is 2. The zero-order valence-electron chi connectivity index (χ0n) is 8.35. The molecule has 2 rings (SSSR count). The third-order valence-corrected chi connectivity index (χ3v) is 2.63. The molecule has 0 amide bonds. The number of nitrogens with one attached hydrogen (secondary N) is 1. The Hall–Kier alpha value is -1.80. The number of hydrogen-bond donors (Lipinski definition) is 3. The van der Waals surface area contributed by atoms with Crippen molar-refractivity contribution in [1.82, 2.24) is 19.9 Å². The predicted molar refractivity (Wildman–Crippen MR) is 64.8 cm³/mol. The highest BCUT2D eigenvalue weighted by Crippen LogP contribution is 2.24. The lowest BCUT2D eigenvalue weighted by atomic mass is 10.6. The van der Waals surface area contributed by atoms with E-state index in [1.54, 1.807) is 0 Å². The number of aromatic amines is 1. The first-order chi connectivity index (χ1) is 8.02. The Morgan fingerprint density at radius 1 is 1.24 bits per heavy atom. The molecule has 0 atom stereocenters. The fraction of sp³-hybridized carbons (Fsp3) is 0. The third-order valence-electron chi connectivity index (χ3n) is 1.63. The van der Waals surface area contributed by atoms with Crippen molar-refractivity contribution in [2.75, 3.05) is 11.5 Å². The van der Waals surface area contributed by atoms with E-state index in [1.807, 2.05) is 0 Å². The topological polar surface area (TPSA) is 124 Å². The average molecular weight is 271 g/mol. The van der Waals surface area contributed by atoms with Crippen LogP contribution >= 0.6 is 23.4 Å². The van der Waals surface area contributed by atoms with Crippen molar-refractivity contribution < 1.29 is 0 Å². The summed E-state index contributed by atoms with van der Waals surface area (Å²) in [4.78, 5) is 25.2. The molecule has 2 heterocycles. The van der Waals surface area contributed by atoms with Gasteiger partial charge in [0.15, 0.2) is 5.16 Å². The largest absolute Gasteiger partial charge is 0.383 e. The second kappa shape index (κ2) is 4.60. The van der Waals surface area contributed by atoms with E-state index >= 15 is 0 Å². The van der Waals surface area contributed by atoms with E-state index in [2.05, 4.69) is 19.9 Å². The summed E-state index contributed by atoms with van der Waals surface area (Å²) >= 11 is 6.80. The van der Waals surface area contributed by atoms with Crippen LogP contribution in [0.25, 0.3) is 0 Å². The lowest BCUT2D eigenvalue weighted by Gasteiger charge is -2.01. The minimum Gasteiger partial charge on any atom is -0.383 e. The van der Waals surface area contributed by atoms with Crippen molar-refractivity contribution in [2.45, 2.75) is 10.2 Å². The van der Waals surface area contributed by atoms with E-state index in [1.165, 1.54) is 12.1 Å². The van der Waals surface area contributed by atoms with E-state index in [4.69, 9.17) is 23.1 Å². The number of hydrogen-bond acceptors (Lipinski definition) is 7. The maximum atomic E-state index is 11.2. The summed E-state index contributed by atoms with van der Waals surface area (Å²) in [6.45, 7) is 0. The van der Waals surface area contributed by atoms with E-state index in [9.17, 15) is 4.79 Å². The monoisotopic (exact) mass is 270 g/mol. The summed E-state index contributed by atoms with van der Waals surface area (Å²) in [6, 6.07) is 2.69. The molecule has 7 nitrogen and oxygen atoms in total. The number of nitrogens with two attached hydrogens (primary N) is 2. The van der Waals surface area contributed by atoms with Gasteiger partial charge in [0.2, 0.25) is 5.95 Å². The highest BCUT2D eigenvalue weighted by molar-refractivity contribution is 7.99.